The maximum atomic E-state index is 13.1. The molecule has 162 valence electrons. The van der Waals surface area contributed by atoms with Gasteiger partial charge in [-0.1, -0.05) is 24.3 Å². The van der Waals surface area contributed by atoms with Crippen molar-refractivity contribution in [3.05, 3.63) is 72.3 Å². The van der Waals surface area contributed by atoms with Crippen LogP contribution in [0.25, 0.3) is 0 Å². The Morgan fingerprint density at radius 3 is 2.58 bits per heavy atom. The number of carbonyl (C=O) groups is 1. The molecular weight excluding hydrogens is 394 g/mol. The number of rotatable bonds is 5. The van der Waals surface area contributed by atoms with Gasteiger partial charge in [0, 0.05) is 45.6 Å². The van der Waals surface area contributed by atoms with E-state index in [4.69, 9.17) is 4.74 Å². The van der Waals surface area contributed by atoms with E-state index >= 15 is 0 Å². The van der Waals surface area contributed by atoms with Gasteiger partial charge in [-0.3, -0.25) is 0 Å². The summed E-state index contributed by atoms with van der Waals surface area (Å²) in [5, 5.41) is 13.2. The fourth-order valence-corrected chi connectivity index (χ4v) is 3.87. The Labute approximate surface area is 181 Å². The van der Waals surface area contributed by atoms with Gasteiger partial charge in [0.15, 0.2) is 0 Å². The average molecular weight is 422 g/mol. The van der Waals surface area contributed by atoms with Crippen LogP contribution in [0.3, 0.4) is 0 Å². The van der Waals surface area contributed by atoms with Crippen molar-refractivity contribution >= 4 is 11.7 Å². The second-order valence-corrected chi connectivity index (χ2v) is 7.52. The molecule has 2 aromatic carbocycles. The lowest BCUT2D eigenvalue weighted by Crippen LogP contribution is -2.52. The lowest BCUT2D eigenvalue weighted by Gasteiger charge is -2.37. The van der Waals surface area contributed by atoms with E-state index < -0.39 is 6.04 Å². The van der Waals surface area contributed by atoms with Crippen LogP contribution in [0.15, 0.2) is 60.9 Å². The minimum atomic E-state index is -0.404. The Morgan fingerprint density at radius 1 is 1.13 bits per heavy atom. The molecule has 8 nitrogen and oxygen atoms in total. The third-order valence-corrected chi connectivity index (χ3v) is 5.60. The number of aromatic nitrogens is 2. The number of nitrogens with one attached hydrogen (secondary N) is 1. The zero-order valence-corrected chi connectivity index (χ0v) is 17.7. The number of aromatic hydroxyl groups is 1. The Hall–Kier alpha value is -3.68. The molecule has 31 heavy (non-hydrogen) atoms. The standard InChI is InChI=1S/C23H27N5O3/c1-26-11-10-24-22(26)21(17-6-5-7-18(16-17)31-2)25-23(30)28-14-12-27(13-15-28)19-8-3-4-9-20(19)29/h3-11,16,21,29H,12-15H2,1-2H3,(H,25,30). The molecule has 2 amide bonds. The monoisotopic (exact) mass is 421 g/mol. The Balaban J connectivity index is 1.48. The number of hydrogen-bond donors (Lipinski definition) is 2. The number of phenolic OH excluding ortho intramolecular Hbond substituents is 1. The molecular formula is C23H27N5O3. The molecule has 1 aliphatic rings. The molecule has 0 radical (unpaired) electrons. The highest BCUT2D eigenvalue weighted by molar-refractivity contribution is 5.75. The number of nitrogens with zero attached hydrogens (tertiary/aromatic N) is 4. The number of para-hydroxylation sites is 2. The summed E-state index contributed by atoms with van der Waals surface area (Å²) in [7, 11) is 3.53. The second-order valence-electron chi connectivity index (χ2n) is 7.52. The zero-order valence-electron chi connectivity index (χ0n) is 17.7. The number of methoxy groups -OCH3 is 1. The van der Waals surface area contributed by atoms with Crippen LogP contribution in [0.1, 0.15) is 17.4 Å². The number of aryl methyl sites for hydroxylation is 1. The maximum Gasteiger partial charge on any atom is 0.318 e. The van der Waals surface area contributed by atoms with Crippen molar-refractivity contribution in [2.45, 2.75) is 6.04 Å². The van der Waals surface area contributed by atoms with Crippen molar-refractivity contribution in [3.8, 4) is 11.5 Å². The van der Waals surface area contributed by atoms with Crippen molar-refractivity contribution in [2.75, 3.05) is 38.2 Å². The highest BCUT2D eigenvalue weighted by Gasteiger charge is 2.27. The quantitative estimate of drug-likeness (QED) is 0.662. The number of amides is 2. The third kappa shape index (κ3) is 4.42. The smallest absolute Gasteiger partial charge is 0.318 e. The zero-order chi connectivity index (χ0) is 21.8. The summed E-state index contributed by atoms with van der Waals surface area (Å²) in [6.45, 7) is 2.42. The van der Waals surface area contributed by atoms with E-state index in [1.165, 1.54) is 0 Å². The van der Waals surface area contributed by atoms with Gasteiger partial charge in [-0.15, -0.1) is 0 Å². The molecule has 1 fully saturated rings. The first-order valence-electron chi connectivity index (χ1n) is 10.3. The first-order valence-corrected chi connectivity index (χ1v) is 10.3. The van der Waals surface area contributed by atoms with Gasteiger partial charge in [-0.25, -0.2) is 9.78 Å². The van der Waals surface area contributed by atoms with Gasteiger partial charge >= 0.3 is 6.03 Å². The normalized spacial score (nSPS) is 14.9. The molecule has 1 unspecified atom stereocenters. The Morgan fingerprint density at radius 2 is 1.90 bits per heavy atom. The number of imidazole rings is 1. The Kier molecular flexibility index (Phi) is 5.97. The molecule has 2 heterocycles. The van der Waals surface area contributed by atoms with Crippen LogP contribution in [0.5, 0.6) is 11.5 Å². The fourth-order valence-electron chi connectivity index (χ4n) is 3.87. The van der Waals surface area contributed by atoms with E-state index in [0.717, 1.165) is 22.8 Å². The molecule has 1 aromatic heterocycles. The van der Waals surface area contributed by atoms with Crippen LogP contribution in [0, 0.1) is 0 Å². The predicted octanol–water partition coefficient (Wildman–Crippen LogP) is 2.76. The van der Waals surface area contributed by atoms with Gasteiger partial charge in [0.05, 0.1) is 12.8 Å². The van der Waals surface area contributed by atoms with Gasteiger partial charge in [-0.2, -0.15) is 0 Å². The molecule has 8 heteroatoms. The number of benzene rings is 2. The number of anilines is 1. The minimum Gasteiger partial charge on any atom is -0.506 e. The molecule has 0 spiro atoms. The highest BCUT2D eigenvalue weighted by Crippen LogP contribution is 2.28. The molecule has 0 saturated carbocycles. The fraction of sp³-hybridized carbons (Fsp3) is 0.304. The van der Waals surface area contributed by atoms with Gasteiger partial charge in [0.25, 0.3) is 0 Å². The molecule has 1 aliphatic heterocycles. The number of carbonyl (C=O) groups excluding carboxylic acids is 1. The van der Waals surface area contributed by atoms with Crippen molar-refractivity contribution in [2.24, 2.45) is 7.05 Å². The summed E-state index contributed by atoms with van der Waals surface area (Å²) in [5.41, 5.74) is 1.69. The molecule has 4 rings (SSSR count). The summed E-state index contributed by atoms with van der Waals surface area (Å²) < 4.78 is 7.26. The van der Waals surface area contributed by atoms with Crippen LogP contribution in [0.2, 0.25) is 0 Å². The van der Waals surface area contributed by atoms with Crippen molar-refractivity contribution in [1.29, 1.82) is 0 Å². The third-order valence-electron chi connectivity index (χ3n) is 5.60. The first-order chi connectivity index (χ1) is 15.1. The van der Waals surface area contributed by atoms with Crippen molar-refractivity contribution in [3.63, 3.8) is 0 Å². The maximum absolute atomic E-state index is 13.1. The van der Waals surface area contributed by atoms with Crippen LogP contribution in [0.4, 0.5) is 10.5 Å². The largest absolute Gasteiger partial charge is 0.506 e. The average Bonchev–Trinajstić information content (AvgIpc) is 3.23. The van der Waals surface area contributed by atoms with Crippen LogP contribution in [-0.2, 0) is 7.05 Å². The number of piperazine rings is 1. The van der Waals surface area contributed by atoms with Gasteiger partial charge in [-0.05, 0) is 29.8 Å². The molecule has 2 N–H and O–H groups in total. The number of urea groups is 1. The number of hydrogen-bond acceptors (Lipinski definition) is 5. The van der Waals surface area contributed by atoms with Gasteiger partial charge in [0.2, 0.25) is 0 Å². The number of ether oxygens (including phenoxy) is 1. The summed E-state index contributed by atoms with van der Waals surface area (Å²) in [6, 6.07) is 14.4. The summed E-state index contributed by atoms with van der Waals surface area (Å²) in [6.07, 6.45) is 3.58. The molecule has 1 saturated heterocycles. The van der Waals surface area contributed by atoms with Crippen LogP contribution in [-0.4, -0.2) is 58.9 Å². The van der Waals surface area contributed by atoms with E-state index in [-0.39, 0.29) is 11.8 Å². The first kappa shape index (κ1) is 20.6. The van der Waals surface area contributed by atoms with E-state index in [2.05, 4.69) is 15.2 Å². The van der Waals surface area contributed by atoms with E-state index in [0.29, 0.717) is 26.2 Å². The van der Waals surface area contributed by atoms with Crippen molar-refractivity contribution < 1.29 is 14.6 Å². The second kappa shape index (κ2) is 8.99. The molecule has 0 aliphatic carbocycles. The lowest BCUT2D eigenvalue weighted by molar-refractivity contribution is 0.191. The summed E-state index contributed by atoms with van der Waals surface area (Å²) >= 11 is 0. The SMILES string of the molecule is COc1cccc(C(NC(=O)N2CCN(c3ccccc3O)CC2)c2nccn2C)c1. The summed E-state index contributed by atoms with van der Waals surface area (Å²) in [4.78, 5) is 21.5. The molecule has 0 bridgehead atoms. The molecule has 3 aromatic rings. The van der Waals surface area contributed by atoms with Gasteiger partial charge in [0.1, 0.15) is 23.4 Å². The lowest BCUT2D eigenvalue weighted by atomic mass is 10.1. The van der Waals surface area contributed by atoms with Crippen LogP contribution < -0.4 is 15.0 Å². The van der Waals surface area contributed by atoms with E-state index in [1.807, 2.05) is 54.2 Å². The van der Waals surface area contributed by atoms with Crippen LogP contribution >= 0.6 is 0 Å². The summed E-state index contributed by atoms with van der Waals surface area (Å²) in [5.74, 6) is 1.73. The minimum absolute atomic E-state index is 0.146. The topological polar surface area (TPSA) is 82.9 Å². The highest BCUT2D eigenvalue weighted by atomic mass is 16.5. The van der Waals surface area contributed by atoms with Gasteiger partial charge < -0.3 is 29.5 Å². The Bertz CT molecular complexity index is 1040. The van der Waals surface area contributed by atoms with E-state index in [9.17, 15) is 9.90 Å². The predicted molar refractivity (Wildman–Crippen MR) is 118 cm³/mol. The van der Waals surface area contributed by atoms with Crippen molar-refractivity contribution in [1.82, 2.24) is 19.8 Å². The van der Waals surface area contributed by atoms with E-state index in [1.54, 1.807) is 30.3 Å². The molecule has 1 atom stereocenters. The number of phenols is 1.